The first-order valence-electron chi connectivity index (χ1n) is 8.89. The molecule has 2 rings (SSSR count). The average Bonchev–Trinajstić information content (AvgIpc) is 2.68. The molecule has 0 aromatic heterocycles. The maximum absolute atomic E-state index is 12.5. The molecule has 0 aliphatic rings. The summed E-state index contributed by atoms with van der Waals surface area (Å²) in [6.45, 7) is 3.64. The number of nitrogens with one attached hydrogen (secondary N) is 1. The molecule has 0 radical (unpaired) electrons. The number of methoxy groups -OCH3 is 2. The van der Waals surface area contributed by atoms with Crippen LogP contribution in [-0.2, 0) is 16.1 Å². The number of carbonyl (C=O) groups is 2. The molecular formula is C21H26N2O4. The van der Waals surface area contributed by atoms with Crippen LogP contribution in [0.5, 0.6) is 5.75 Å². The highest BCUT2D eigenvalue weighted by molar-refractivity contribution is 5.93. The second-order valence-corrected chi connectivity index (χ2v) is 6.15. The predicted octanol–water partition coefficient (Wildman–Crippen LogP) is 3.33. The fourth-order valence-corrected chi connectivity index (χ4v) is 2.84. The highest BCUT2D eigenvalue weighted by Gasteiger charge is 2.14. The lowest BCUT2D eigenvalue weighted by Crippen LogP contribution is -2.33. The molecule has 0 spiro atoms. The third kappa shape index (κ3) is 6.11. The maximum Gasteiger partial charge on any atom is 0.337 e. The summed E-state index contributed by atoms with van der Waals surface area (Å²) in [5, 5.41) is 2.90. The number of rotatable bonds is 9. The largest absolute Gasteiger partial charge is 0.495 e. The summed E-state index contributed by atoms with van der Waals surface area (Å²) in [6, 6.07) is 14.6. The molecular weight excluding hydrogens is 344 g/mol. The topological polar surface area (TPSA) is 67.9 Å². The van der Waals surface area contributed by atoms with Crippen LogP contribution < -0.4 is 10.1 Å². The number of esters is 1. The van der Waals surface area contributed by atoms with E-state index in [1.165, 1.54) is 7.11 Å². The lowest BCUT2D eigenvalue weighted by atomic mass is 10.1. The second kappa shape index (κ2) is 10.3. The number of hydrogen-bond donors (Lipinski definition) is 1. The van der Waals surface area contributed by atoms with Gasteiger partial charge in [-0.1, -0.05) is 31.2 Å². The van der Waals surface area contributed by atoms with Crippen LogP contribution >= 0.6 is 0 Å². The Morgan fingerprint density at radius 2 is 1.85 bits per heavy atom. The van der Waals surface area contributed by atoms with E-state index in [-0.39, 0.29) is 18.4 Å². The number of benzene rings is 2. The SMILES string of the molecule is CCCN(CC(=O)Nc1ccccc1OC)Cc1cccc(C(=O)OC)c1. The zero-order valence-electron chi connectivity index (χ0n) is 16.0. The van der Waals surface area contributed by atoms with Gasteiger partial charge in [-0.3, -0.25) is 9.69 Å². The van der Waals surface area contributed by atoms with Crippen molar-refractivity contribution in [2.45, 2.75) is 19.9 Å². The Bertz CT molecular complexity index is 776. The Morgan fingerprint density at radius 3 is 2.56 bits per heavy atom. The van der Waals surface area contributed by atoms with Crippen molar-refractivity contribution in [3.05, 3.63) is 59.7 Å². The lowest BCUT2D eigenvalue weighted by molar-refractivity contribution is -0.117. The van der Waals surface area contributed by atoms with Crippen LogP contribution in [0.15, 0.2) is 48.5 Å². The molecule has 27 heavy (non-hydrogen) atoms. The van der Waals surface area contributed by atoms with E-state index >= 15 is 0 Å². The van der Waals surface area contributed by atoms with Gasteiger partial charge in [0.25, 0.3) is 0 Å². The molecule has 144 valence electrons. The highest BCUT2D eigenvalue weighted by atomic mass is 16.5. The van der Waals surface area contributed by atoms with E-state index in [1.807, 2.05) is 29.2 Å². The summed E-state index contributed by atoms with van der Waals surface area (Å²) >= 11 is 0. The Hall–Kier alpha value is -2.86. The van der Waals surface area contributed by atoms with Crippen LogP contribution in [0.3, 0.4) is 0 Å². The molecule has 1 amide bonds. The quantitative estimate of drug-likeness (QED) is 0.686. The maximum atomic E-state index is 12.5. The van der Waals surface area contributed by atoms with Crippen LogP contribution in [-0.4, -0.2) is 44.1 Å². The average molecular weight is 370 g/mol. The van der Waals surface area contributed by atoms with Crippen molar-refractivity contribution in [1.29, 1.82) is 0 Å². The first-order valence-corrected chi connectivity index (χ1v) is 8.89. The molecule has 2 aromatic carbocycles. The van der Waals surface area contributed by atoms with E-state index in [4.69, 9.17) is 9.47 Å². The van der Waals surface area contributed by atoms with Crippen molar-refractivity contribution in [1.82, 2.24) is 4.90 Å². The van der Waals surface area contributed by atoms with Crippen molar-refractivity contribution in [3.63, 3.8) is 0 Å². The van der Waals surface area contributed by atoms with Crippen LogP contribution in [0.2, 0.25) is 0 Å². The normalized spacial score (nSPS) is 10.5. The number of nitrogens with zero attached hydrogens (tertiary/aromatic N) is 1. The molecule has 0 atom stereocenters. The molecule has 0 saturated heterocycles. The van der Waals surface area contributed by atoms with Gasteiger partial charge < -0.3 is 14.8 Å². The van der Waals surface area contributed by atoms with Gasteiger partial charge in [0, 0.05) is 6.54 Å². The lowest BCUT2D eigenvalue weighted by Gasteiger charge is -2.21. The third-order valence-electron chi connectivity index (χ3n) is 4.04. The van der Waals surface area contributed by atoms with Crippen LogP contribution in [0.1, 0.15) is 29.3 Å². The van der Waals surface area contributed by atoms with Crippen molar-refractivity contribution in [3.8, 4) is 5.75 Å². The number of anilines is 1. The molecule has 0 saturated carbocycles. The summed E-state index contributed by atoms with van der Waals surface area (Å²) in [4.78, 5) is 26.2. The number of ether oxygens (including phenoxy) is 2. The molecule has 2 aromatic rings. The molecule has 0 aliphatic carbocycles. The minimum atomic E-state index is -0.368. The smallest absolute Gasteiger partial charge is 0.337 e. The molecule has 0 aliphatic heterocycles. The Labute approximate surface area is 160 Å². The first-order chi connectivity index (χ1) is 13.1. The number of para-hydroxylation sites is 2. The Kier molecular flexibility index (Phi) is 7.82. The van der Waals surface area contributed by atoms with Gasteiger partial charge in [0.2, 0.25) is 5.91 Å². The zero-order valence-corrected chi connectivity index (χ0v) is 16.0. The highest BCUT2D eigenvalue weighted by Crippen LogP contribution is 2.23. The van der Waals surface area contributed by atoms with Gasteiger partial charge in [0.15, 0.2) is 0 Å². The van der Waals surface area contributed by atoms with Crippen molar-refractivity contribution >= 4 is 17.6 Å². The molecule has 6 heteroatoms. The van der Waals surface area contributed by atoms with Gasteiger partial charge in [0.1, 0.15) is 5.75 Å². The van der Waals surface area contributed by atoms with Crippen LogP contribution in [0, 0.1) is 0 Å². The minimum Gasteiger partial charge on any atom is -0.495 e. The minimum absolute atomic E-state index is 0.114. The number of hydrogen-bond acceptors (Lipinski definition) is 5. The molecule has 0 unspecified atom stereocenters. The van der Waals surface area contributed by atoms with Gasteiger partial charge in [-0.15, -0.1) is 0 Å². The van der Waals surface area contributed by atoms with Gasteiger partial charge in [-0.05, 0) is 42.8 Å². The fourth-order valence-electron chi connectivity index (χ4n) is 2.84. The van der Waals surface area contributed by atoms with Crippen molar-refractivity contribution < 1.29 is 19.1 Å². The molecule has 6 nitrogen and oxygen atoms in total. The zero-order chi connectivity index (χ0) is 19.6. The van der Waals surface area contributed by atoms with Gasteiger partial charge in [-0.25, -0.2) is 4.79 Å². The molecule has 1 N–H and O–H groups in total. The van der Waals surface area contributed by atoms with Crippen LogP contribution in [0.4, 0.5) is 5.69 Å². The van der Waals surface area contributed by atoms with Gasteiger partial charge in [-0.2, -0.15) is 0 Å². The fraction of sp³-hybridized carbons (Fsp3) is 0.333. The summed E-state index contributed by atoms with van der Waals surface area (Å²) in [5.41, 5.74) is 2.11. The standard InChI is InChI=1S/C21H26N2O4/c1-4-12-23(14-16-8-7-9-17(13-16)21(25)27-3)15-20(24)22-18-10-5-6-11-19(18)26-2/h5-11,13H,4,12,14-15H2,1-3H3,(H,22,24). The first kappa shape index (κ1) is 20.5. The summed E-state index contributed by atoms with van der Waals surface area (Å²) in [6.07, 6.45) is 0.915. The van der Waals surface area contributed by atoms with E-state index in [9.17, 15) is 9.59 Å². The van der Waals surface area contributed by atoms with E-state index in [0.29, 0.717) is 23.5 Å². The molecule has 0 bridgehead atoms. The van der Waals surface area contributed by atoms with E-state index < -0.39 is 0 Å². The second-order valence-electron chi connectivity index (χ2n) is 6.15. The van der Waals surface area contributed by atoms with Gasteiger partial charge in [0.05, 0.1) is 32.0 Å². The van der Waals surface area contributed by atoms with Crippen LogP contribution in [0.25, 0.3) is 0 Å². The predicted molar refractivity (Wildman–Crippen MR) is 105 cm³/mol. The summed E-state index contributed by atoms with van der Waals surface area (Å²) < 4.78 is 10.0. The van der Waals surface area contributed by atoms with Crippen molar-refractivity contribution in [2.24, 2.45) is 0 Å². The summed E-state index contributed by atoms with van der Waals surface area (Å²) in [5.74, 6) is 0.142. The monoisotopic (exact) mass is 370 g/mol. The van der Waals surface area contributed by atoms with Gasteiger partial charge >= 0.3 is 5.97 Å². The Balaban J connectivity index is 2.04. The summed E-state index contributed by atoms with van der Waals surface area (Å²) in [7, 11) is 2.93. The number of amides is 1. The molecule has 0 fully saturated rings. The van der Waals surface area contributed by atoms with Crippen molar-refractivity contribution in [2.75, 3.05) is 32.6 Å². The van der Waals surface area contributed by atoms with E-state index in [1.54, 1.807) is 31.4 Å². The Morgan fingerprint density at radius 1 is 1.07 bits per heavy atom. The third-order valence-corrected chi connectivity index (χ3v) is 4.04. The number of carbonyl (C=O) groups excluding carboxylic acids is 2. The van der Waals surface area contributed by atoms with E-state index in [0.717, 1.165) is 18.5 Å². The molecule has 0 heterocycles. The van der Waals surface area contributed by atoms with E-state index in [2.05, 4.69) is 12.2 Å².